The van der Waals surface area contributed by atoms with E-state index in [9.17, 15) is 23.2 Å². The molecule has 1 atom stereocenters. The summed E-state index contributed by atoms with van der Waals surface area (Å²) in [6.45, 7) is 0.774. The highest BCUT2D eigenvalue weighted by atomic mass is 79.9. The molecule has 0 saturated heterocycles. The van der Waals surface area contributed by atoms with E-state index in [0.717, 1.165) is 32.3 Å². The number of benzene rings is 3. The molecule has 10 heteroatoms. The van der Waals surface area contributed by atoms with Crippen LogP contribution < -0.4 is 5.43 Å². The van der Waals surface area contributed by atoms with E-state index in [1.807, 2.05) is 24.2 Å². The number of carbonyl (C=O) groups excluding carboxylic acids is 3. The van der Waals surface area contributed by atoms with Crippen molar-refractivity contribution < 1.29 is 23.2 Å². The Morgan fingerprint density at radius 3 is 2.18 bits per heavy atom. The molecule has 0 saturated carbocycles. The Balaban J connectivity index is 1.34. The number of amides is 3. The zero-order chi connectivity index (χ0) is 27.4. The third-order valence-electron chi connectivity index (χ3n) is 7.38. The van der Waals surface area contributed by atoms with Crippen molar-refractivity contribution in [3.05, 3.63) is 110 Å². The standard InChI is InChI=1S/C29H23BrF2N4O3/c1-34-26(25(30)13-33-34)17-6-7-22-18(11-17)14-35(27(22)37)21(10-16-8-19(31)12-20(32)9-16)15-36-28(38)23-4-2-3-5-24(23)29(36)39/h2-9,11-12,21,33H,10,13-15H2,1H3/t21-/m0/s1. The minimum absolute atomic E-state index is 0.0536. The van der Waals surface area contributed by atoms with Crippen LogP contribution in [0.4, 0.5) is 8.78 Å². The summed E-state index contributed by atoms with van der Waals surface area (Å²) in [5.41, 5.74) is 7.33. The predicted molar refractivity (Wildman–Crippen MR) is 144 cm³/mol. The highest BCUT2D eigenvalue weighted by Gasteiger charge is 2.40. The van der Waals surface area contributed by atoms with Crippen molar-refractivity contribution in [3.8, 4) is 0 Å². The summed E-state index contributed by atoms with van der Waals surface area (Å²) in [4.78, 5) is 42.6. The van der Waals surface area contributed by atoms with Crippen LogP contribution in [0.15, 0.2) is 65.1 Å². The number of nitrogens with zero attached hydrogens (tertiary/aromatic N) is 3. The lowest BCUT2D eigenvalue weighted by Crippen LogP contribution is -2.47. The average molecular weight is 593 g/mol. The molecular weight excluding hydrogens is 570 g/mol. The van der Waals surface area contributed by atoms with Crippen molar-refractivity contribution in [2.45, 2.75) is 19.0 Å². The number of halogens is 3. The van der Waals surface area contributed by atoms with Gasteiger partial charge in [-0.25, -0.2) is 14.2 Å². The topological polar surface area (TPSA) is 73.0 Å². The van der Waals surface area contributed by atoms with Crippen molar-refractivity contribution >= 4 is 39.3 Å². The van der Waals surface area contributed by atoms with Crippen LogP contribution >= 0.6 is 15.9 Å². The van der Waals surface area contributed by atoms with Crippen molar-refractivity contribution in [1.82, 2.24) is 20.2 Å². The lowest BCUT2D eigenvalue weighted by molar-refractivity contribution is 0.0527. The van der Waals surface area contributed by atoms with Gasteiger partial charge < -0.3 is 9.91 Å². The monoisotopic (exact) mass is 592 g/mol. The Morgan fingerprint density at radius 1 is 0.897 bits per heavy atom. The lowest BCUT2D eigenvalue weighted by atomic mass is 10.0. The van der Waals surface area contributed by atoms with E-state index in [4.69, 9.17) is 0 Å². The van der Waals surface area contributed by atoms with Gasteiger partial charge in [0.25, 0.3) is 17.7 Å². The number of imide groups is 1. The Morgan fingerprint density at radius 2 is 1.56 bits per heavy atom. The number of hydrazine groups is 1. The van der Waals surface area contributed by atoms with Gasteiger partial charge in [-0.3, -0.25) is 19.3 Å². The number of rotatable bonds is 6. The minimum atomic E-state index is -0.738. The molecule has 1 N–H and O–H groups in total. The molecular formula is C29H23BrF2N4O3. The Labute approximate surface area is 231 Å². The molecule has 39 heavy (non-hydrogen) atoms. The van der Waals surface area contributed by atoms with Crippen LogP contribution in [0, 0.1) is 11.6 Å². The van der Waals surface area contributed by atoms with Gasteiger partial charge in [0.05, 0.1) is 29.4 Å². The van der Waals surface area contributed by atoms with Crippen LogP contribution in [-0.4, -0.2) is 58.7 Å². The first-order valence-corrected chi connectivity index (χ1v) is 13.2. The van der Waals surface area contributed by atoms with E-state index in [1.165, 1.54) is 12.1 Å². The van der Waals surface area contributed by atoms with Gasteiger partial charge >= 0.3 is 0 Å². The van der Waals surface area contributed by atoms with Crippen molar-refractivity contribution in [2.75, 3.05) is 20.1 Å². The molecule has 0 radical (unpaired) electrons. The van der Waals surface area contributed by atoms with Crippen LogP contribution in [-0.2, 0) is 13.0 Å². The molecule has 0 spiro atoms. The maximum absolute atomic E-state index is 14.1. The van der Waals surface area contributed by atoms with Gasteiger partial charge in [-0.2, -0.15) is 0 Å². The van der Waals surface area contributed by atoms with Crippen LogP contribution in [0.2, 0.25) is 0 Å². The fourth-order valence-corrected chi connectivity index (χ4v) is 6.18. The lowest BCUT2D eigenvalue weighted by Gasteiger charge is -2.31. The average Bonchev–Trinajstić information content (AvgIpc) is 3.50. The molecule has 0 aromatic heterocycles. The smallest absolute Gasteiger partial charge is 0.261 e. The Bertz CT molecular complexity index is 1540. The second kappa shape index (κ2) is 9.69. The first kappa shape index (κ1) is 25.4. The molecule has 7 nitrogen and oxygen atoms in total. The molecule has 3 amide bonds. The molecule has 0 unspecified atom stereocenters. The van der Waals surface area contributed by atoms with Gasteiger partial charge in [0.15, 0.2) is 0 Å². The van der Waals surface area contributed by atoms with E-state index in [-0.39, 0.29) is 25.4 Å². The van der Waals surface area contributed by atoms with Crippen LogP contribution in [0.25, 0.3) is 5.70 Å². The second-order valence-electron chi connectivity index (χ2n) is 9.85. The molecule has 0 aliphatic carbocycles. The van der Waals surface area contributed by atoms with Crippen molar-refractivity contribution in [2.24, 2.45) is 0 Å². The van der Waals surface area contributed by atoms with Gasteiger partial charge in [0.1, 0.15) is 11.6 Å². The molecule has 3 aliphatic rings. The summed E-state index contributed by atoms with van der Waals surface area (Å²) in [5.74, 6) is -2.64. The van der Waals surface area contributed by atoms with E-state index >= 15 is 0 Å². The fourth-order valence-electron chi connectivity index (χ4n) is 5.56. The molecule has 3 heterocycles. The number of hydrogen-bond donors (Lipinski definition) is 1. The van der Waals surface area contributed by atoms with Gasteiger partial charge in [0, 0.05) is 41.8 Å². The fraction of sp³-hybridized carbons (Fsp3) is 0.207. The van der Waals surface area contributed by atoms with Crippen LogP contribution in [0.3, 0.4) is 0 Å². The molecule has 3 aliphatic heterocycles. The van der Waals surface area contributed by atoms with Gasteiger partial charge in [-0.05, 0) is 53.9 Å². The first-order valence-electron chi connectivity index (χ1n) is 12.4. The summed E-state index contributed by atoms with van der Waals surface area (Å²) in [5, 5.41) is 1.91. The highest BCUT2D eigenvalue weighted by Crippen LogP contribution is 2.34. The van der Waals surface area contributed by atoms with Gasteiger partial charge in [-0.1, -0.05) is 34.1 Å². The molecule has 3 aromatic carbocycles. The zero-order valence-corrected chi connectivity index (χ0v) is 22.5. The van der Waals surface area contributed by atoms with Crippen molar-refractivity contribution in [1.29, 1.82) is 0 Å². The van der Waals surface area contributed by atoms with E-state index in [2.05, 4.69) is 21.4 Å². The zero-order valence-electron chi connectivity index (χ0n) is 20.9. The summed E-state index contributed by atoms with van der Waals surface area (Å²) in [6, 6.07) is 14.6. The summed E-state index contributed by atoms with van der Waals surface area (Å²) >= 11 is 3.60. The maximum atomic E-state index is 14.1. The maximum Gasteiger partial charge on any atom is 0.261 e. The highest BCUT2D eigenvalue weighted by molar-refractivity contribution is 9.11. The first-order chi connectivity index (χ1) is 18.7. The molecule has 3 aromatic rings. The summed E-state index contributed by atoms with van der Waals surface area (Å²) in [7, 11) is 1.91. The number of nitrogens with one attached hydrogen (secondary N) is 1. The third kappa shape index (κ3) is 4.43. The SMILES string of the molecule is CN1NCC(Br)=C1c1ccc2c(c1)CN([C@@H](Cc1cc(F)cc(F)c1)CN1C(=O)c3ccccc3C1=O)C2=O. The number of fused-ring (bicyclic) bond motifs is 2. The second-order valence-corrected chi connectivity index (χ2v) is 10.8. The molecule has 0 bridgehead atoms. The minimum Gasteiger partial charge on any atom is -0.329 e. The van der Waals surface area contributed by atoms with E-state index < -0.39 is 29.5 Å². The number of carbonyl (C=O) groups is 3. The third-order valence-corrected chi connectivity index (χ3v) is 8.04. The van der Waals surface area contributed by atoms with Crippen LogP contribution in [0.1, 0.15) is 47.8 Å². The molecule has 0 fully saturated rings. The van der Waals surface area contributed by atoms with Gasteiger partial charge in [0.2, 0.25) is 0 Å². The quantitative estimate of drug-likeness (QED) is 0.431. The number of hydrogen-bond acceptors (Lipinski definition) is 5. The summed E-state index contributed by atoms with van der Waals surface area (Å²) < 4.78 is 29.1. The molecule has 6 rings (SSSR count). The summed E-state index contributed by atoms with van der Waals surface area (Å²) in [6.07, 6.45) is 0.0536. The normalized spacial score (nSPS) is 17.4. The Hall–Kier alpha value is -3.89. The largest absolute Gasteiger partial charge is 0.329 e. The molecule has 198 valence electrons. The van der Waals surface area contributed by atoms with E-state index in [1.54, 1.807) is 35.2 Å². The van der Waals surface area contributed by atoms with Crippen molar-refractivity contribution in [3.63, 3.8) is 0 Å². The van der Waals surface area contributed by atoms with E-state index in [0.29, 0.717) is 28.8 Å². The van der Waals surface area contributed by atoms with Crippen LogP contribution in [0.5, 0.6) is 0 Å². The van der Waals surface area contributed by atoms with Gasteiger partial charge in [-0.15, -0.1) is 0 Å². The predicted octanol–water partition coefficient (Wildman–Crippen LogP) is 4.34. The Kier molecular flexibility index (Phi) is 6.31.